The number of hydrogen-bond donors (Lipinski definition) is 0. The highest BCUT2D eigenvalue weighted by Crippen LogP contribution is 2.50. The van der Waals surface area contributed by atoms with Gasteiger partial charge in [-0.2, -0.15) is 0 Å². The fourth-order valence-electron chi connectivity index (χ4n) is 5.24. The summed E-state index contributed by atoms with van der Waals surface area (Å²) in [5, 5.41) is 0. The standard InChI is InChI=1S/C21H17NO3/c23-20-18-16-7-8-17(25-16)19(18)21(24)22(20)13-5-6-15-12(10-13)9-11-3-1-2-4-14(11)15/h1-6,10,16-19H,7-9H2/t16-,17-,18+,19+/m1/s1. The fourth-order valence-corrected chi connectivity index (χ4v) is 5.24. The molecule has 4 heteroatoms. The van der Waals surface area contributed by atoms with Gasteiger partial charge in [-0.05, 0) is 53.6 Å². The van der Waals surface area contributed by atoms with E-state index in [1.807, 2.05) is 18.2 Å². The summed E-state index contributed by atoms with van der Waals surface area (Å²) in [5.41, 5.74) is 5.68. The van der Waals surface area contributed by atoms with Gasteiger partial charge in [0.05, 0.1) is 29.7 Å². The Morgan fingerprint density at radius 1 is 0.840 bits per heavy atom. The van der Waals surface area contributed by atoms with Crippen LogP contribution in [-0.4, -0.2) is 24.0 Å². The molecule has 4 nitrogen and oxygen atoms in total. The summed E-state index contributed by atoms with van der Waals surface area (Å²) in [6.45, 7) is 0. The number of carbonyl (C=O) groups is 2. The fraction of sp³-hybridized carbons (Fsp3) is 0.333. The molecule has 25 heavy (non-hydrogen) atoms. The van der Waals surface area contributed by atoms with Crippen LogP contribution in [0.2, 0.25) is 0 Å². The molecule has 3 saturated heterocycles. The van der Waals surface area contributed by atoms with E-state index >= 15 is 0 Å². The number of nitrogens with zero attached hydrogens (tertiary/aromatic N) is 1. The lowest BCUT2D eigenvalue weighted by atomic mass is 9.81. The van der Waals surface area contributed by atoms with Crippen molar-refractivity contribution >= 4 is 17.5 Å². The number of benzene rings is 2. The van der Waals surface area contributed by atoms with Crippen molar-refractivity contribution in [1.82, 2.24) is 0 Å². The summed E-state index contributed by atoms with van der Waals surface area (Å²) >= 11 is 0. The predicted octanol–water partition coefficient (Wildman–Crippen LogP) is 2.92. The van der Waals surface area contributed by atoms with Gasteiger partial charge in [-0.3, -0.25) is 9.59 Å². The van der Waals surface area contributed by atoms with Crippen LogP contribution in [0.1, 0.15) is 24.0 Å². The number of ether oxygens (including phenoxy) is 1. The lowest BCUT2D eigenvalue weighted by molar-refractivity contribution is -0.124. The summed E-state index contributed by atoms with van der Waals surface area (Å²) < 4.78 is 5.81. The molecule has 3 fully saturated rings. The largest absolute Gasteiger partial charge is 0.373 e. The second-order valence-electron chi connectivity index (χ2n) is 7.53. The summed E-state index contributed by atoms with van der Waals surface area (Å²) in [7, 11) is 0. The number of fused-ring (bicyclic) bond motifs is 8. The number of amides is 2. The third kappa shape index (κ3) is 1.65. The van der Waals surface area contributed by atoms with E-state index in [0.717, 1.165) is 24.9 Å². The molecule has 3 heterocycles. The van der Waals surface area contributed by atoms with Crippen LogP contribution in [0, 0.1) is 11.8 Å². The van der Waals surface area contributed by atoms with E-state index in [-0.39, 0.29) is 35.9 Å². The number of rotatable bonds is 1. The topological polar surface area (TPSA) is 46.6 Å². The second kappa shape index (κ2) is 4.58. The number of anilines is 1. The first-order valence-electron chi connectivity index (χ1n) is 8.97. The van der Waals surface area contributed by atoms with Crippen LogP contribution in [0.3, 0.4) is 0 Å². The van der Waals surface area contributed by atoms with Crippen LogP contribution in [0.5, 0.6) is 0 Å². The van der Waals surface area contributed by atoms with E-state index in [1.165, 1.54) is 27.2 Å². The molecule has 0 unspecified atom stereocenters. The van der Waals surface area contributed by atoms with E-state index in [4.69, 9.17) is 4.74 Å². The molecule has 2 amide bonds. The van der Waals surface area contributed by atoms with Crippen molar-refractivity contribution < 1.29 is 14.3 Å². The van der Waals surface area contributed by atoms with Gasteiger partial charge in [0.2, 0.25) is 11.8 Å². The van der Waals surface area contributed by atoms with E-state index in [0.29, 0.717) is 0 Å². The summed E-state index contributed by atoms with van der Waals surface area (Å²) in [5.74, 6) is -0.677. The Bertz CT molecular complexity index is 922. The van der Waals surface area contributed by atoms with Crippen molar-refractivity contribution in [1.29, 1.82) is 0 Å². The zero-order chi connectivity index (χ0) is 16.7. The number of hydrogen-bond acceptors (Lipinski definition) is 3. The van der Waals surface area contributed by atoms with Gasteiger partial charge in [0.1, 0.15) is 0 Å². The minimum Gasteiger partial charge on any atom is -0.373 e. The van der Waals surface area contributed by atoms with Gasteiger partial charge in [0.15, 0.2) is 0 Å². The van der Waals surface area contributed by atoms with Crippen LogP contribution in [-0.2, 0) is 20.7 Å². The van der Waals surface area contributed by atoms with Gasteiger partial charge in [-0.25, -0.2) is 4.90 Å². The van der Waals surface area contributed by atoms with Crippen LogP contribution < -0.4 is 4.90 Å². The monoisotopic (exact) mass is 331 g/mol. The molecule has 0 N–H and O–H groups in total. The Labute approximate surface area is 145 Å². The molecule has 0 spiro atoms. The van der Waals surface area contributed by atoms with Crippen molar-refractivity contribution in [2.45, 2.75) is 31.5 Å². The minimum atomic E-state index is -0.267. The van der Waals surface area contributed by atoms with Gasteiger partial charge < -0.3 is 4.74 Å². The zero-order valence-electron chi connectivity index (χ0n) is 13.6. The number of carbonyl (C=O) groups excluding carboxylic acids is 2. The van der Waals surface area contributed by atoms with Crippen LogP contribution in [0.15, 0.2) is 42.5 Å². The molecule has 0 radical (unpaired) electrons. The van der Waals surface area contributed by atoms with E-state index in [1.54, 1.807) is 0 Å². The Morgan fingerprint density at radius 2 is 1.52 bits per heavy atom. The molecule has 3 aliphatic heterocycles. The summed E-state index contributed by atoms with van der Waals surface area (Å²) in [6.07, 6.45) is 2.54. The smallest absolute Gasteiger partial charge is 0.240 e. The molecule has 4 atom stereocenters. The van der Waals surface area contributed by atoms with Gasteiger partial charge in [-0.1, -0.05) is 30.3 Å². The molecular weight excluding hydrogens is 314 g/mol. The first-order valence-corrected chi connectivity index (χ1v) is 8.97. The summed E-state index contributed by atoms with van der Waals surface area (Å²) in [4.78, 5) is 27.3. The molecule has 1 aliphatic carbocycles. The predicted molar refractivity (Wildman–Crippen MR) is 92.1 cm³/mol. The van der Waals surface area contributed by atoms with Gasteiger partial charge in [0.25, 0.3) is 0 Å². The maximum Gasteiger partial charge on any atom is 0.240 e. The highest BCUT2D eigenvalue weighted by Gasteiger charge is 2.62. The normalized spacial score (nSPS) is 31.4. The molecule has 0 saturated carbocycles. The van der Waals surface area contributed by atoms with Crippen LogP contribution >= 0.6 is 0 Å². The molecule has 6 rings (SSSR count). The van der Waals surface area contributed by atoms with E-state index < -0.39 is 0 Å². The average Bonchev–Trinajstić information content (AvgIpc) is 3.36. The van der Waals surface area contributed by atoms with Crippen molar-refractivity contribution in [3.63, 3.8) is 0 Å². The van der Waals surface area contributed by atoms with Crippen molar-refractivity contribution in [2.24, 2.45) is 11.8 Å². The highest BCUT2D eigenvalue weighted by molar-refractivity contribution is 6.23. The molecular formula is C21H17NO3. The number of imide groups is 1. The second-order valence-corrected chi connectivity index (χ2v) is 7.53. The molecule has 2 bridgehead atoms. The third-order valence-corrected chi connectivity index (χ3v) is 6.32. The maximum atomic E-state index is 12.9. The lowest BCUT2D eigenvalue weighted by Crippen LogP contribution is -2.34. The minimum absolute atomic E-state index is 0.0601. The van der Waals surface area contributed by atoms with Crippen LogP contribution in [0.25, 0.3) is 11.1 Å². The lowest BCUT2D eigenvalue weighted by Gasteiger charge is -2.18. The third-order valence-electron chi connectivity index (χ3n) is 6.32. The van der Waals surface area contributed by atoms with Gasteiger partial charge >= 0.3 is 0 Å². The molecule has 4 aliphatic rings. The quantitative estimate of drug-likeness (QED) is 0.644. The van der Waals surface area contributed by atoms with E-state index in [9.17, 15) is 9.59 Å². The first kappa shape index (κ1) is 13.8. The Morgan fingerprint density at radius 3 is 2.28 bits per heavy atom. The summed E-state index contributed by atoms with van der Waals surface area (Å²) in [6, 6.07) is 14.4. The van der Waals surface area contributed by atoms with E-state index in [2.05, 4.69) is 24.3 Å². The van der Waals surface area contributed by atoms with Crippen molar-refractivity contribution in [3.8, 4) is 11.1 Å². The molecule has 2 aromatic carbocycles. The van der Waals surface area contributed by atoms with Crippen molar-refractivity contribution in [2.75, 3.05) is 4.90 Å². The Balaban J connectivity index is 1.41. The SMILES string of the molecule is O=C1[C@@H]2[C@@H](C(=O)N1c1ccc3c(c1)Cc1ccccc1-3)[C@H]1CC[C@H]2O1. The first-order chi connectivity index (χ1) is 12.2. The Hall–Kier alpha value is -2.46. The molecule has 2 aromatic rings. The van der Waals surface area contributed by atoms with Gasteiger partial charge in [-0.15, -0.1) is 0 Å². The molecule has 0 aromatic heterocycles. The zero-order valence-corrected chi connectivity index (χ0v) is 13.6. The van der Waals surface area contributed by atoms with Crippen LogP contribution in [0.4, 0.5) is 5.69 Å². The molecule has 124 valence electrons. The van der Waals surface area contributed by atoms with Gasteiger partial charge in [0, 0.05) is 0 Å². The maximum absolute atomic E-state index is 12.9. The average molecular weight is 331 g/mol. The van der Waals surface area contributed by atoms with Crippen molar-refractivity contribution in [3.05, 3.63) is 53.6 Å². The highest BCUT2D eigenvalue weighted by atomic mass is 16.5. The Kier molecular flexibility index (Phi) is 2.53.